The average molecular weight is 303 g/mol. The summed E-state index contributed by atoms with van der Waals surface area (Å²) in [4.78, 5) is 10.4. The summed E-state index contributed by atoms with van der Waals surface area (Å²) in [5.41, 5.74) is -0.226. The van der Waals surface area contributed by atoms with E-state index in [1.807, 2.05) is 0 Å². The van der Waals surface area contributed by atoms with Crippen LogP contribution in [0.25, 0.3) is 0 Å². The Morgan fingerprint density at radius 2 is 2.05 bits per heavy atom. The largest absolute Gasteiger partial charge is 0.391 e. The molecule has 0 bridgehead atoms. The van der Waals surface area contributed by atoms with Crippen molar-refractivity contribution in [3.05, 3.63) is 33.1 Å². The van der Waals surface area contributed by atoms with E-state index in [-0.39, 0.29) is 22.4 Å². The van der Waals surface area contributed by atoms with Gasteiger partial charge in [-0.2, -0.15) is 0 Å². The molecule has 1 aliphatic carbocycles. The molecule has 0 radical (unpaired) electrons. The summed E-state index contributed by atoms with van der Waals surface area (Å²) < 4.78 is 13.5. The predicted octanol–water partition coefficient (Wildman–Crippen LogP) is 3.49. The van der Waals surface area contributed by atoms with Gasteiger partial charge in [-0.3, -0.25) is 10.1 Å². The number of nitrogens with one attached hydrogen (secondary N) is 1. The highest BCUT2D eigenvalue weighted by atomic mass is 35.5. The van der Waals surface area contributed by atoms with Gasteiger partial charge in [0.15, 0.2) is 0 Å². The van der Waals surface area contributed by atoms with Crippen molar-refractivity contribution in [2.24, 2.45) is 0 Å². The van der Waals surface area contributed by atoms with Crippen molar-refractivity contribution in [2.45, 2.75) is 44.2 Å². The molecule has 2 N–H and O–H groups in total. The van der Waals surface area contributed by atoms with Crippen molar-refractivity contribution >= 4 is 23.0 Å². The molecule has 2 rings (SSSR count). The van der Waals surface area contributed by atoms with Gasteiger partial charge in [-0.05, 0) is 12.8 Å². The molecule has 0 aliphatic heterocycles. The van der Waals surface area contributed by atoms with Crippen molar-refractivity contribution in [3.8, 4) is 0 Å². The van der Waals surface area contributed by atoms with Gasteiger partial charge in [0.25, 0.3) is 5.69 Å². The lowest BCUT2D eigenvalue weighted by Gasteiger charge is -2.22. The van der Waals surface area contributed by atoms with Crippen LogP contribution in [0, 0.1) is 15.9 Å². The summed E-state index contributed by atoms with van der Waals surface area (Å²) in [5.74, 6) is -0.720. The van der Waals surface area contributed by atoms with E-state index in [4.69, 9.17) is 11.6 Å². The van der Waals surface area contributed by atoms with Crippen molar-refractivity contribution in [1.29, 1.82) is 0 Å². The number of nitro groups is 1. The summed E-state index contributed by atoms with van der Waals surface area (Å²) in [6.45, 7) is 0. The van der Waals surface area contributed by atoms with Gasteiger partial charge in [0.2, 0.25) is 0 Å². The summed E-state index contributed by atoms with van der Waals surface area (Å²) in [6, 6.07) is 1.69. The maximum absolute atomic E-state index is 13.5. The first-order valence-electron chi connectivity index (χ1n) is 6.57. The molecule has 1 aromatic carbocycles. The van der Waals surface area contributed by atoms with E-state index in [1.165, 1.54) is 0 Å². The van der Waals surface area contributed by atoms with Crippen molar-refractivity contribution in [3.63, 3.8) is 0 Å². The maximum Gasteiger partial charge on any atom is 0.294 e. The van der Waals surface area contributed by atoms with E-state index in [1.54, 1.807) is 0 Å². The van der Waals surface area contributed by atoms with E-state index in [2.05, 4.69) is 5.32 Å². The minimum atomic E-state index is -0.720. The second kappa shape index (κ2) is 6.37. The van der Waals surface area contributed by atoms with Gasteiger partial charge in [0, 0.05) is 12.1 Å². The molecule has 2 atom stereocenters. The van der Waals surface area contributed by atoms with Crippen LogP contribution in [0.3, 0.4) is 0 Å². The van der Waals surface area contributed by atoms with E-state index >= 15 is 0 Å². The Labute approximate surface area is 120 Å². The Morgan fingerprint density at radius 1 is 1.35 bits per heavy atom. The quantitative estimate of drug-likeness (QED) is 0.509. The van der Waals surface area contributed by atoms with Gasteiger partial charge >= 0.3 is 0 Å². The SMILES string of the molecule is O=[N+]([O-])c1cc(Cl)c(F)cc1NC1CCCCCC1O. The lowest BCUT2D eigenvalue weighted by Crippen LogP contribution is -2.32. The molecule has 1 saturated carbocycles. The normalized spacial score (nSPS) is 23.1. The van der Waals surface area contributed by atoms with E-state index < -0.39 is 16.8 Å². The number of nitro benzene ring substituents is 1. The molecule has 0 aromatic heterocycles. The molecule has 0 heterocycles. The Kier molecular flexibility index (Phi) is 4.77. The third-order valence-electron chi connectivity index (χ3n) is 3.56. The van der Waals surface area contributed by atoms with Gasteiger partial charge in [-0.25, -0.2) is 4.39 Å². The fourth-order valence-electron chi connectivity index (χ4n) is 2.46. The Bertz CT molecular complexity index is 513. The topological polar surface area (TPSA) is 75.4 Å². The molecule has 0 amide bonds. The molecule has 1 aliphatic rings. The number of halogens is 2. The van der Waals surface area contributed by atoms with Gasteiger partial charge in [-0.15, -0.1) is 0 Å². The number of benzene rings is 1. The van der Waals surface area contributed by atoms with Crippen LogP contribution in [-0.4, -0.2) is 22.2 Å². The molecule has 5 nitrogen and oxygen atoms in total. The van der Waals surface area contributed by atoms with Crippen LogP contribution in [0.4, 0.5) is 15.8 Å². The number of aliphatic hydroxyl groups excluding tert-OH is 1. The Balaban J connectivity index is 2.27. The monoisotopic (exact) mass is 302 g/mol. The molecule has 0 saturated heterocycles. The van der Waals surface area contributed by atoms with Gasteiger partial charge in [-0.1, -0.05) is 30.9 Å². The van der Waals surface area contributed by atoms with Crippen molar-refractivity contribution < 1.29 is 14.4 Å². The molecule has 0 spiro atoms. The molecule has 7 heteroatoms. The smallest absolute Gasteiger partial charge is 0.294 e. The minimum absolute atomic E-state index is 0.0582. The fraction of sp³-hybridized carbons (Fsp3) is 0.538. The minimum Gasteiger partial charge on any atom is -0.391 e. The molecular formula is C13H16ClFN2O3. The third kappa shape index (κ3) is 3.37. The number of aliphatic hydroxyl groups is 1. The number of hydrogen-bond acceptors (Lipinski definition) is 4. The van der Waals surface area contributed by atoms with E-state index in [9.17, 15) is 19.6 Å². The van der Waals surface area contributed by atoms with Crippen LogP contribution in [0.15, 0.2) is 12.1 Å². The fourth-order valence-corrected chi connectivity index (χ4v) is 2.62. The highest BCUT2D eigenvalue weighted by Gasteiger charge is 2.25. The second-order valence-corrected chi connectivity index (χ2v) is 5.40. The van der Waals surface area contributed by atoms with Crippen LogP contribution in [0.2, 0.25) is 5.02 Å². The third-order valence-corrected chi connectivity index (χ3v) is 3.85. The summed E-state index contributed by atoms with van der Waals surface area (Å²) in [7, 11) is 0. The molecule has 20 heavy (non-hydrogen) atoms. The summed E-state index contributed by atoms with van der Waals surface area (Å²) >= 11 is 5.57. The van der Waals surface area contributed by atoms with E-state index in [0.717, 1.165) is 31.4 Å². The lowest BCUT2D eigenvalue weighted by atomic mass is 10.1. The van der Waals surface area contributed by atoms with Crippen LogP contribution in [0.1, 0.15) is 32.1 Å². The molecule has 2 unspecified atom stereocenters. The van der Waals surface area contributed by atoms with Gasteiger partial charge in [0.05, 0.1) is 22.1 Å². The summed E-state index contributed by atoms with van der Waals surface area (Å²) in [6.07, 6.45) is 3.63. The van der Waals surface area contributed by atoms with Crippen LogP contribution in [-0.2, 0) is 0 Å². The average Bonchev–Trinajstić information content (AvgIpc) is 2.59. The van der Waals surface area contributed by atoms with Crippen LogP contribution >= 0.6 is 11.6 Å². The van der Waals surface area contributed by atoms with Gasteiger partial charge in [0.1, 0.15) is 11.5 Å². The molecular weight excluding hydrogens is 287 g/mol. The summed E-state index contributed by atoms with van der Waals surface area (Å²) in [5, 5.41) is 23.6. The highest BCUT2D eigenvalue weighted by molar-refractivity contribution is 6.31. The standard InChI is InChI=1S/C13H16ClFN2O3/c14-8-6-12(17(19)20)11(7-9(8)15)16-10-4-2-1-3-5-13(10)18/h6-7,10,13,16,18H,1-5H2. The Morgan fingerprint density at radius 3 is 2.75 bits per heavy atom. The zero-order chi connectivity index (χ0) is 14.7. The zero-order valence-corrected chi connectivity index (χ0v) is 11.6. The highest BCUT2D eigenvalue weighted by Crippen LogP contribution is 2.32. The lowest BCUT2D eigenvalue weighted by molar-refractivity contribution is -0.384. The number of nitrogens with zero attached hydrogens (tertiary/aromatic N) is 1. The first kappa shape index (κ1) is 15.0. The molecule has 1 aromatic rings. The second-order valence-electron chi connectivity index (χ2n) is 5.00. The van der Waals surface area contributed by atoms with Crippen LogP contribution < -0.4 is 5.32 Å². The number of anilines is 1. The van der Waals surface area contributed by atoms with Crippen molar-refractivity contribution in [2.75, 3.05) is 5.32 Å². The van der Waals surface area contributed by atoms with E-state index in [0.29, 0.717) is 12.8 Å². The Hall–Kier alpha value is -1.40. The van der Waals surface area contributed by atoms with Crippen LogP contribution in [0.5, 0.6) is 0 Å². The first-order valence-corrected chi connectivity index (χ1v) is 6.95. The molecule has 110 valence electrons. The number of rotatable bonds is 3. The maximum atomic E-state index is 13.5. The van der Waals surface area contributed by atoms with Gasteiger partial charge < -0.3 is 10.4 Å². The van der Waals surface area contributed by atoms with Crippen molar-refractivity contribution in [1.82, 2.24) is 0 Å². The zero-order valence-electron chi connectivity index (χ0n) is 10.8. The predicted molar refractivity (Wildman–Crippen MR) is 74.6 cm³/mol. The number of hydrogen-bond donors (Lipinski definition) is 2. The first-order chi connectivity index (χ1) is 9.49. The molecule has 1 fully saturated rings.